The zero-order valence-corrected chi connectivity index (χ0v) is 26.3. The summed E-state index contributed by atoms with van der Waals surface area (Å²) in [6.45, 7) is 21.5. The van der Waals surface area contributed by atoms with Crippen LogP contribution in [-0.2, 0) is 14.3 Å². The van der Waals surface area contributed by atoms with Crippen molar-refractivity contribution < 1.29 is 24.5 Å². The lowest BCUT2D eigenvalue weighted by Gasteiger charge is -2.60. The van der Waals surface area contributed by atoms with Gasteiger partial charge in [0.2, 0.25) is 0 Å². The van der Waals surface area contributed by atoms with Gasteiger partial charge in [0.25, 0.3) is 5.97 Å². The number of ether oxygens (including phenoxy) is 1. The first-order chi connectivity index (χ1) is 18.5. The fraction of sp³-hybridized carbons (Fsp3) is 0.765. The fourth-order valence-electron chi connectivity index (χ4n) is 9.02. The summed E-state index contributed by atoms with van der Waals surface area (Å²) in [5, 5.41) is 19.2. The number of aliphatic carboxylic acids is 1. The van der Waals surface area contributed by atoms with Crippen molar-refractivity contribution in [1.82, 2.24) is 0 Å². The van der Waals surface area contributed by atoms with Crippen LogP contribution in [0.5, 0.6) is 0 Å². The number of allylic oxidation sites excluding steroid dienone is 4. The van der Waals surface area contributed by atoms with E-state index in [1.54, 1.807) is 0 Å². The van der Waals surface area contributed by atoms with E-state index in [0.29, 0.717) is 23.7 Å². The third-order valence-electron chi connectivity index (χ3n) is 11.2. The number of aliphatic hydroxyl groups is 1. The highest BCUT2D eigenvalue weighted by atomic mass is 16.5. The van der Waals surface area contributed by atoms with E-state index in [1.807, 2.05) is 0 Å². The predicted molar refractivity (Wildman–Crippen MR) is 160 cm³/mol. The largest absolute Gasteiger partial charge is 0.481 e. The Morgan fingerprint density at radius 3 is 2.35 bits per heavy atom. The van der Waals surface area contributed by atoms with Crippen molar-refractivity contribution in [2.24, 2.45) is 45.7 Å². The molecule has 0 bridgehead atoms. The minimum atomic E-state index is -0.833. The second-order valence-corrected chi connectivity index (χ2v) is 14.4. The van der Waals surface area contributed by atoms with Crippen molar-refractivity contribution in [3.8, 4) is 0 Å². The van der Waals surface area contributed by atoms with E-state index in [2.05, 4.69) is 61.1 Å². The first-order valence-electron chi connectivity index (χ1n) is 15.4. The van der Waals surface area contributed by atoms with Gasteiger partial charge in [0.05, 0.1) is 12.6 Å². The summed E-state index contributed by atoms with van der Waals surface area (Å²) in [5.41, 5.74) is 11.0. The van der Waals surface area contributed by atoms with Gasteiger partial charge in [0.15, 0.2) is 0 Å². The summed E-state index contributed by atoms with van der Waals surface area (Å²) in [4.78, 5) is 21.0. The summed E-state index contributed by atoms with van der Waals surface area (Å²) in [7, 11) is 0. The SMILES string of the molecule is C=C(CC[C@@H](C)C1CC=C2C3=C(C(O)CC21C)C1(C)CC[C@H](OC(=O)CN)C(C)(C)C1CC3)C(C)C.CC(=O)O. The van der Waals surface area contributed by atoms with Crippen LogP contribution in [0.3, 0.4) is 0 Å². The topological polar surface area (TPSA) is 110 Å². The summed E-state index contributed by atoms with van der Waals surface area (Å²) < 4.78 is 5.83. The van der Waals surface area contributed by atoms with Gasteiger partial charge >= 0.3 is 5.97 Å². The lowest BCUT2D eigenvalue weighted by atomic mass is 9.46. The van der Waals surface area contributed by atoms with E-state index in [9.17, 15) is 9.90 Å². The highest BCUT2D eigenvalue weighted by molar-refractivity contribution is 5.71. The fourth-order valence-corrected chi connectivity index (χ4v) is 9.02. The van der Waals surface area contributed by atoms with E-state index in [0.717, 1.165) is 51.9 Å². The molecule has 226 valence electrons. The van der Waals surface area contributed by atoms with Gasteiger partial charge in [-0.1, -0.05) is 66.7 Å². The Kier molecular flexibility index (Phi) is 9.88. The van der Waals surface area contributed by atoms with Crippen molar-refractivity contribution in [3.63, 3.8) is 0 Å². The number of nitrogens with two attached hydrogens (primary N) is 1. The third kappa shape index (κ3) is 5.99. The Labute approximate surface area is 242 Å². The van der Waals surface area contributed by atoms with E-state index in [1.165, 1.54) is 28.7 Å². The summed E-state index contributed by atoms with van der Waals surface area (Å²) in [6, 6.07) is 0. The molecule has 40 heavy (non-hydrogen) atoms. The number of carboxylic acids is 1. The summed E-state index contributed by atoms with van der Waals surface area (Å²) in [6.07, 6.45) is 10.1. The van der Waals surface area contributed by atoms with Crippen LogP contribution in [0.2, 0.25) is 0 Å². The van der Waals surface area contributed by atoms with Gasteiger partial charge < -0.3 is 20.7 Å². The molecule has 0 spiro atoms. The first kappa shape index (κ1) is 32.6. The monoisotopic (exact) mass is 557 g/mol. The molecule has 6 heteroatoms. The van der Waals surface area contributed by atoms with Gasteiger partial charge in [-0.2, -0.15) is 0 Å². The molecule has 0 aliphatic heterocycles. The standard InChI is InChI=1S/C32H51NO3.C2H4O2/c1-19(2)20(3)9-10-21(4)23-12-13-24-22-11-14-26-30(5,6)27(36-28(35)18-33)15-16-31(26,7)29(22)25(34)17-32(23,24)8;1-2(3)4/h13,19,21,23,25-27,34H,3,9-12,14-18,33H2,1-2,4-8H3;1H3,(H,3,4)/t21-,23?,25?,26?,27+,31?,32?;/m1./s1. The highest BCUT2D eigenvalue weighted by Gasteiger charge is 2.60. The van der Waals surface area contributed by atoms with Crippen LogP contribution in [0, 0.1) is 39.9 Å². The van der Waals surface area contributed by atoms with Gasteiger partial charge in [-0.25, -0.2) is 0 Å². The number of rotatable bonds is 7. The Morgan fingerprint density at radius 2 is 1.77 bits per heavy atom. The van der Waals surface area contributed by atoms with Crippen LogP contribution in [0.4, 0.5) is 0 Å². The molecule has 4 N–H and O–H groups in total. The van der Waals surface area contributed by atoms with Crippen molar-refractivity contribution in [3.05, 3.63) is 34.9 Å². The molecule has 5 unspecified atom stereocenters. The first-order valence-corrected chi connectivity index (χ1v) is 15.4. The van der Waals surface area contributed by atoms with Crippen LogP contribution < -0.4 is 5.73 Å². The second kappa shape index (κ2) is 12.1. The predicted octanol–water partition coefficient (Wildman–Crippen LogP) is 6.83. The molecule has 7 atom stereocenters. The molecule has 1 fully saturated rings. The van der Waals surface area contributed by atoms with Gasteiger partial charge in [0, 0.05) is 12.3 Å². The quantitative estimate of drug-likeness (QED) is 0.234. The molecule has 4 aliphatic rings. The van der Waals surface area contributed by atoms with Crippen LogP contribution in [0.1, 0.15) is 107 Å². The van der Waals surface area contributed by atoms with E-state index >= 15 is 0 Å². The van der Waals surface area contributed by atoms with Gasteiger partial charge in [-0.3, -0.25) is 9.59 Å². The molecule has 0 amide bonds. The number of esters is 1. The Morgan fingerprint density at radius 1 is 1.15 bits per heavy atom. The number of aliphatic hydroxyl groups excluding tert-OH is 1. The van der Waals surface area contributed by atoms with E-state index < -0.39 is 12.1 Å². The molecule has 0 saturated heterocycles. The highest BCUT2D eigenvalue weighted by Crippen LogP contribution is 2.67. The average Bonchev–Trinajstić information content (AvgIpc) is 3.19. The van der Waals surface area contributed by atoms with Crippen LogP contribution in [0.25, 0.3) is 0 Å². The maximum atomic E-state index is 12.0. The molecule has 0 aromatic rings. The lowest BCUT2D eigenvalue weighted by molar-refractivity contribution is -0.168. The molecular weight excluding hydrogens is 502 g/mol. The molecule has 1 saturated carbocycles. The molecule has 0 aromatic carbocycles. The number of hydrogen-bond acceptors (Lipinski definition) is 5. The summed E-state index contributed by atoms with van der Waals surface area (Å²) in [5.74, 6) is 0.944. The molecule has 6 nitrogen and oxygen atoms in total. The molecule has 4 aliphatic carbocycles. The second-order valence-electron chi connectivity index (χ2n) is 14.4. The molecular formula is C34H55NO5. The molecule has 0 aromatic heterocycles. The van der Waals surface area contributed by atoms with Crippen molar-refractivity contribution >= 4 is 11.9 Å². The maximum absolute atomic E-state index is 12.0. The van der Waals surface area contributed by atoms with Crippen molar-refractivity contribution in [2.75, 3.05) is 6.54 Å². The van der Waals surface area contributed by atoms with Crippen molar-refractivity contribution in [2.45, 2.75) is 119 Å². The normalized spacial score (nSPS) is 34.9. The zero-order chi connectivity index (χ0) is 30.2. The average molecular weight is 558 g/mol. The lowest BCUT2D eigenvalue weighted by Crippen LogP contribution is -2.56. The minimum Gasteiger partial charge on any atom is -0.481 e. The number of carbonyl (C=O) groups is 2. The minimum absolute atomic E-state index is 0.0450. The van der Waals surface area contributed by atoms with Gasteiger partial charge in [0.1, 0.15) is 6.10 Å². The number of hydrogen-bond donors (Lipinski definition) is 3. The maximum Gasteiger partial charge on any atom is 0.319 e. The zero-order valence-electron chi connectivity index (χ0n) is 26.3. The van der Waals surface area contributed by atoms with Crippen LogP contribution in [0.15, 0.2) is 34.9 Å². The smallest absolute Gasteiger partial charge is 0.319 e. The van der Waals surface area contributed by atoms with E-state index in [4.69, 9.17) is 20.4 Å². The van der Waals surface area contributed by atoms with Gasteiger partial charge in [-0.05, 0) is 103 Å². The Hall–Kier alpha value is -1.92. The number of carboxylic acid groups (broad SMARTS) is 1. The number of fused-ring (bicyclic) bond motifs is 4. The van der Waals surface area contributed by atoms with Gasteiger partial charge in [-0.15, -0.1) is 0 Å². The van der Waals surface area contributed by atoms with Crippen LogP contribution >= 0.6 is 0 Å². The molecule has 0 heterocycles. The van der Waals surface area contributed by atoms with Crippen molar-refractivity contribution in [1.29, 1.82) is 0 Å². The van der Waals surface area contributed by atoms with Crippen LogP contribution in [-0.4, -0.2) is 40.9 Å². The number of carbonyl (C=O) groups excluding carboxylic acids is 1. The molecule has 0 radical (unpaired) electrons. The summed E-state index contributed by atoms with van der Waals surface area (Å²) >= 11 is 0. The third-order valence-corrected chi connectivity index (χ3v) is 11.2. The Balaban J connectivity index is 0.00000103. The molecule has 4 rings (SSSR count). The Bertz CT molecular complexity index is 1050. The van der Waals surface area contributed by atoms with E-state index in [-0.39, 0.29) is 34.9 Å².